The zero-order valence-corrected chi connectivity index (χ0v) is 15.9. The molecule has 144 valence electrons. The highest BCUT2D eigenvalue weighted by atomic mass is 35.5. The summed E-state index contributed by atoms with van der Waals surface area (Å²) >= 11 is 11.3. The lowest BCUT2D eigenvalue weighted by molar-refractivity contribution is -0.149. The maximum Gasteiger partial charge on any atom is 0.311 e. The summed E-state index contributed by atoms with van der Waals surface area (Å²) in [6.07, 6.45) is -0.418. The molecule has 0 radical (unpaired) electrons. The monoisotopic (exact) mass is 421 g/mol. The summed E-state index contributed by atoms with van der Waals surface area (Å²) in [5.74, 6) is -3.14. The van der Waals surface area contributed by atoms with E-state index in [0.29, 0.717) is 11.5 Å². The van der Waals surface area contributed by atoms with E-state index >= 15 is 0 Å². The summed E-state index contributed by atoms with van der Waals surface area (Å²) in [6, 6.07) is 17.0. The van der Waals surface area contributed by atoms with Crippen LogP contribution in [0.4, 0.5) is 0 Å². The molecule has 0 spiro atoms. The molecule has 28 heavy (non-hydrogen) atoms. The normalized spacial score (nSPS) is 24.5. The molecular weight excluding hydrogens is 397 g/mol. The highest BCUT2D eigenvalue weighted by Gasteiger charge is 2.62. The Morgan fingerprint density at radius 2 is 1.93 bits per heavy atom. The Bertz CT molecular complexity index is 1110. The zero-order valence-electron chi connectivity index (χ0n) is 20.4. The number of carbonyl (C=O) groups is 1. The molecule has 0 amide bonds. The van der Waals surface area contributed by atoms with Gasteiger partial charge in [-0.2, -0.15) is 5.26 Å². The highest BCUT2D eigenvalue weighted by molar-refractivity contribution is 6.55. The molecule has 0 bridgehead atoms. The minimum absolute atomic E-state index is 0.265. The number of nitriles is 1. The van der Waals surface area contributed by atoms with Gasteiger partial charge in [-0.25, -0.2) is 0 Å². The van der Waals surface area contributed by atoms with Gasteiger partial charge in [-0.05, 0) is 41.7 Å². The van der Waals surface area contributed by atoms with Crippen LogP contribution in [-0.4, -0.2) is 5.97 Å². The van der Waals surface area contributed by atoms with Gasteiger partial charge in [-0.1, -0.05) is 67.2 Å². The van der Waals surface area contributed by atoms with Crippen LogP contribution in [0.2, 0.25) is 0 Å². The van der Waals surface area contributed by atoms with E-state index < -0.39 is 43.0 Å². The number of hydrogen-bond donors (Lipinski definition) is 0. The third-order valence-corrected chi connectivity index (χ3v) is 4.57. The lowest BCUT2D eigenvalue weighted by atomic mass is 10.1. The molecule has 3 rings (SSSR count). The van der Waals surface area contributed by atoms with E-state index in [4.69, 9.17) is 40.9 Å². The second kappa shape index (κ2) is 8.26. The summed E-state index contributed by atoms with van der Waals surface area (Å²) in [6.45, 7) is -6.12. The second-order valence-electron chi connectivity index (χ2n) is 6.26. The second-order valence-corrected chi connectivity index (χ2v) is 7.27. The minimum atomic E-state index is -3.06. The van der Waals surface area contributed by atoms with Crippen molar-refractivity contribution in [1.82, 2.24) is 0 Å². The Morgan fingerprint density at radius 3 is 2.57 bits per heavy atom. The molecule has 0 aromatic heterocycles. The SMILES string of the molecule is [2H]C([2H])([2H])C1(C([2H])([2H])[2H])C(C=C(Cl)Cl)C1C(=O)OC(C#N)c1cccc(Oc2ccccc2)c1. The number of esters is 1. The van der Waals surface area contributed by atoms with Gasteiger partial charge in [0.15, 0.2) is 0 Å². The molecule has 1 saturated carbocycles. The van der Waals surface area contributed by atoms with Crippen molar-refractivity contribution in [1.29, 1.82) is 5.26 Å². The summed E-state index contributed by atoms with van der Waals surface area (Å²) in [5.41, 5.74) is -2.18. The van der Waals surface area contributed by atoms with Crippen molar-refractivity contribution >= 4 is 29.2 Å². The standard InChI is InChI=1S/C22H19Cl2NO3/c1-22(2)17(12-19(23)24)20(22)21(26)28-18(13-25)14-7-6-10-16(11-14)27-15-8-4-3-5-9-15/h3-12,17-18,20H,1-2H3/i1D3,2D3. The molecule has 3 atom stereocenters. The van der Waals surface area contributed by atoms with Crippen LogP contribution in [-0.2, 0) is 9.53 Å². The Hall–Kier alpha value is -2.48. The van der Waals surface area contributed by atoms with Gasteiger partial charge < -0.3 is 9.47 Å². The van der Waals surface area contributed by atoms with E-state index in [1.165, 1.54) is 12.1 Å². The van der Waals surface area contributed by atoms with E-state index in [0.717, 1.165) is 6.08 Å². The van der Waals surface area contributed by atoms with Crippen molar-refractivity contribution in [2.24, 2.45) is 17.3 Å². The molecule has 1 fully saturated rings. The molecule has 0 saturated heterocycles. The number of hydrogen-bond acceptors (Lipinski definition) is 4. The lowest BCUT2D eigenvalue weighted by Crippen LogP contribution is -2.14. The quantitative estimate of drug-likeness (QED) is 0.522. The van der Waals surface area contributed by atoms with Gasteiger partial charge in [0.1, 0.15) is 22.1 Å². The number of para-hydroxylation sites is 1. The fourth-order valence-electron chi connectivity index (χ4n) is 2.83. The van der Waals surface area contributed by atoms with Crippen LogP contribution < -0.4 is 4.74 Å². The fourth-order valence-corrected chi connectivity index (χ4v) is 3.11. The zero-order chi connectivity index (χ0) is 25.3. The predicted octanol–water partition coefficient (Wildman–Crippen LogP) is 6.18. The molecule has 0 heterocycles. The highest BCUT2D eigenvalue weighted by Crippen LogP contribution is 2.60. The predicted molar refractivity (Wildman–Crippen MR) is 108 cm³/mol. The average molecular weight is 422 g/mol. The van der Waals surface area contributed by atoms with Gasteiger partial charge in [0, 0.05) is 13.8 Å². The van der Waals surface area contributed by atoms with E-state index in [2.05, 4.69) is 0 Å². The number of halogens is 2. The fraction of sp³-hybridized carbons (Fsp3) is 0.273. The van der Waals surface area contributed by atoms with Crippen LogP contribution in [0.1, 0.15) is 33.6 Å². The first-order valence-corrected chi connectivity index (χ1v) is 9.04. The van der Waals surface area contributed by atoms with E-state index in [1.807, 2.05) is 12.1 Å². The average Bonchev–Trinajstić information content (AvgIpc) is 3.42. The maximum absolute atomic E-state index is 13.0. The first-order valence-electron chi connectivity index (χ1n) is 11.3. The molecule has 1 aliphatic rings. The van der Waals surface area contributed by atoms with Gasteiger partial charge in [0.05, 0.1) is 5.92 Å². The summed E-state index contributed by atoms with van der Waals surface area (Å²) in [7, 11) is 0. The van der Waals surface area contributed by atoms with Gasteiger partial charge in [-0.3, -0.25) is 4.79 Å². The molecule has 0 aliphatic heterocycles. The Morgan fingerprint density at radius 1 is 1.21 bits per heavy atom. The third-order valence-electron chi connectivity index (χ3n) is 4.32. The number of ether oxygens (including phenoxy) is 2. The first-order chi connectivity index (χ1) is 15.8. The van der Waals surface area contributed by atoms with Crippen molar-refractivity contribution in [3.63, 3.8) is 0 Å². The van der Waals surface area contributed by atoms with Crippen LogP contribution in [0, 0.1) is 28.6 Å². The summed E-state index contributed by atoms with van der Waals surface area (Å²) in [5, 5.41) is 9.63. The van der Waals surface area contributed by atoms with Gasteiger partial charge in [-0.15, -0.1) is 0 Å². The van der Waals surface area contributed by atoms with Crippen LogP contribution >= 0.6 is 23.2 Å². The Labute approximate surface area is 182 Å². The smallest absolute Gasteiger partial charge is 0.311 e. The van der Waals surface area contributed by atoms with Crippen LogP contribution in [0.5, 0.6) is 11.5 Å². The Balaban J connectivity index is 1.88. The number of benzene rings is 2. The maximum atomic E-state index is 13.0. The van der Waals surface area contributed by atoms with Crippen LogP contribution in [0.3, 0.4) is 0 Å². The Kier molecular flexibility index (Phi) is 4.03. The molecule has 3 unspecified atom stereocenters. The first kappa shape index (κ1) is 13.7. The largest absolute Gasteiger partial charge is 0.457 e. The van der Waals surface area contributed by atoms with Crippen LogP contribution in [0.15, 0.2) is 65.2 Å². The van der Waals surface area contributed by atoms with Crippen molar-refractivity contribution in [2.45, 2.75) is 19.8 Å². The minimum Gasteiger partial charge on any atom is -0.457 e. The van der Waals surface area contributed by atoms with E-state index in [-0.39, 0.29) is 10.1 Å². The van der Waals surface area contributed by atoms with Crippen molar-refractivity contribution < 1.29 is 22.5 Å². The molecule has 4 nitrogen and oxygen atoms in total. The van der Waals surface area contributed by atoms with Gasteiger partial charge in [0.2, 0.25) is 6.10 Å². The summed E-state index contributed by atoms with van der Waals surface area (Å²) in [4.78, 5) is 13.0. The summed E-state index contributed by atoms with van der Waals surface area (Å²) < 4.78 is 57.7. The van der Waals surface area contributed by atoms with E-state index in [9.17, 15) is 10.1 Å². The molecular formula is C22H19Cl2NO3. The molecule has 0 N–H and O–H groups in total. The van der Waals surface area contributed by atoms with E-state index in [1.54, 1.807) is 36.4 Å². The van der Waals surface area contributed by atoms with Crippen LogP contribution in [0.25, 0.3) is 0 Å². The lowest BCUT2D eigenvalue weighted by Gasteiger charge is -2.13. The van der Waals surface area contributed by atoms with Gasteiger partial charge >= 0.3 is 5.97 Å². The van der Waals surface area contributed by atoms with Crippen molar-refractivity contribution in [3.8, 4) is 17.6 Å². The molecule has 6 heteroatoms. The molecule has 2 aromatic rings. The number of rotatable bonds is 6. The number of nitrogens with zero attached hydrogens (tertiary/aromatic N) is 1. The molecule has 1 aliphatic carbocycles. The topological polar surface area (TPSA) is 59.3 Å². The van der Waals surface area contributed by atoms with Crippen molar-refractivity contribution in [3.05, 3.63) is 70.7 Å². The number of carbonyl (C=O) groups excluding carboxylic acids is 1. The number of allylic oxidation sites excluding steroid dienone is 1. The van der Waals surface area contributed by atoms with Gasteiger partial charge in [0.25, 0.3) is 0 Å². The van der Waals surface area contributed by atoms with Crippen molar-refractivity contribution in [2.75, 3.05) is 0 Å². The molecule has 2 aromatic carbocycles. The third kappa shape index (κ3) is 4.49.